The minimum atomic E-state index is -1.04. The maximum Gasteiger partial charge on any atom is 0.352 e. The molecule has 0 spiro atoms. The lowest BCUT2D eigenvalue weighted by molar-refractivity contribution is 0.289. The summed E-state index contributed by atoms with van der Waals surface area (Å²) in [6, 6.07) is 12.0. The van der Waals surface area contributed by atoms with Crippen molar-refractivity contribution in [2.45, 2.75) is 32.5 Å². The molecule has 0 fully saturated rings. The minimum Gasteiger partial charge on any atom is -0.473 e. The molecule has 1 aromatic heterocycles. The van der Waals surface area contributed by atoms with Gasteiger partial charge in [-0.1, -0.05) is 6.07 Å². The van der Waals surface area contributed by atoms with Gasteiger partial charge in [-0.05, 0) is 43.2 Å². The molecule has 0 N–H and O–H groups in total. The molecule has 0 bridgehead atoms. The van der Waals surface area contributed by atoms with Crippen LogP contribution in [-0.4, -0.2) is 22.6 Å². The second-order valence-electron chi connectivity index (χ2n) is 7.54. The van der Waals surface area contributed by atoms with E-state index in [9.17, 15) is 18.8 Å². The molecule has 9 heteroatoms. The Labute approximate surface area is 183 Å². The van der Waals surface area contributed by atoms with Gasteiger partial charge in [0.25, 0.3) is 0 Å². The molecule has 4 rings (SSSR count). The van der Waals surface area contributed by atoms with E-state index in [0.717, 1.165) is 24.4 Å². The smallest absolute Gasteiger partial charge is 0.352 e. The highest BCUT2D eigenvalue weighted by Gasteiger charge is 2.22. The van der Waals surface area contributed by atoms with E-state index in [4.69, 9.17) is 9.47 Å². The van der Waals surface area contributed by atoms with E-state index in [1.807, 2.05) is 18.0 Å². The summed E-state index contributed by atoms with van der Waals surface area (Å²) in [6.07, 6.45) is 0.862. The van der Waals surface area contributed by atoms with E-state index in [0.29, 0.717) is 18.2 Å². The van der Waals surface area contributed by atoms with Crippen LogP contribution in [0.4, 0.5) is 14.6 Å². The highest BCUT2D eigenvalue weighted by Crippen LogP contribution is 2.28. The van der Waals surface area contributed by atoms with Crippen LogP contribution in [0.3, 0.4) is 0 Å². The monoisotopic (exact) mass is 438 g/mol. The molecule has 1 unspecified atom stereocenters. The number of hydrogen-bond donors (Lipinski definition) is 0. The van der Waals surface area contributed by atoms with Gasteiger partial charge in [-0.3, -0.25) is 4.57 Å². The summed E-state index contributed by atoms with van der Waals surface area (Å²) in [5.74, 6) is -0.819. The summed E-state index contributed by atoms with van der Waals surface area (Å²) in [5, 5.41) is 9.46. The second kappa shape index (κ2) is 8.67. The van der Waals surface area contributed by atoms with E-state index >= 15 is 0 Å². The molecule has 32 heavy (non-hydrogen) atoms. The van der Waals surface area contributed by atoms with Crippen molar-refractivity contribution in [1.29, 1.82) is 5.26 Å². The van der Waals surface area contributed by atoms with Gasteiger partial charge >= 0.3 is 5.69 Å². The predicted molar refractivity (Wildman–Crippen MR) is 113 cm³/mol. The van der Waals surface area contributed by atoms with Crippen molar-refractivity contribution in [3.05, 3.63) is 75.7 Å². The summed E-state index contributed by atoms with van der Waals surface area (Å²) in [6.45, 7) is 2.77. The Morgan fingerprint density at radius 1 is 1.19 bits per heavy atom. The Bertz CT molecular complexity index is 1270. The highest BCUT2D eigenvalue weighted by atomic mass is 19.2. The number of hydrogen-bond acceptors (Lipinski definition) is 6. The van der Waals surface area contributed by atoms with E-state index in [-0.39, 0.29) is 35.2 Å². The molecule has 7 nitrogen and oxygen atoms in total. The van der Waals surface area contributed by atoms with Crippen LogP contribution < -0.4 is 20.1 Å². The van der Waals surface area contributed by atoms with Crippen molar-refractivity contribution in [2.24, 2.45) is 0 Å². The van der Waals surface area contributed by atoms with Crippen molar-refractivity contribution >= 4 is 5.82 Å². The topological polar surface area (TPSA) is 80.4 Å². The maximum absolute atomic E-state index is 13.4. The van der Waals surface area contributed by atoms with Crippen LogP contribution in [0.1, 0.15) is 24.5 Å². The molecule has 0 radical (unpaired) electrons. The number of aromatic nitrogens is 2. The number of nitriles is 1. The first kappa shape index (κ1) is 21.3. The Kier molecular flexibility index (Phi) is 5.77. The van der Waals surface area contributed by atoms with Crippen LogP contribution in [0.15, 0.2) is 47.3 Å². The number of fused-ring (bicyclic) bond motifs is 1. The molecule has 0 aliphatic carbocycles. The average molecular weight is 438 g/mol. The molecule has 0 saturated heterocycles. The third-order valence-electron chi connectivity index (χ3n) is 5.43. The summed E-state index contributed by atoms with van der Waals surface area (Å²) in [4.78, 5) is 18.4. The molecule has 0 saturated carbocycles. The lowest BCUT2D eigenvalue weighted by Gasteiger charge is -2.34. The zero-order valence-corrected chi connectivity index (χ0v) is 17.5. The zero-order valence-electron chi connectivity index (χ0n) is 17.5. The van der Waals surface area contributed by atoms with Crippen molar-refractivity contribution in [3.8, 4) is 23.4 Å². The standard InChI is InChI=1S/C23H20F2N4O3/c1-14-7-8-29-22(28(14)2)11-21(27-23(29)30)31-13-15-3-6-20(16(9-15)12-26)32-17-4-5-18(24)19(25)10-17/h3-6,9-11,14H,7-8,13H2,1-2H3. The SMILES string of the molecule is CC1CCn2c(cc(OCc3ccc(Oc4ccc(F)c(F)c4)c(C#N)c3)nc2=O)N1C. The number of ether oxygens (including phenoxy) is 2. The summed E-state index contributed by atoms with van der Waals surface area (Å²) in [7, 11) is 1.92. The fourth-order valence-corrected chi connectivity index (χ4v) is 3.45. The van der Waals surface area contributed by atoms with Crippen LogP contribution in [0.5, 0.6) is 17.4 Å². The number of halogens is 2. The molecular formula is C23H20F2N4O3. The van der Waals surface area contributed by atoms with Gasteiger partial charge in [-0.2, -0.15) is 10.2 Å². The summed E-state index contributed by atoms with van der Waals surface area (Å²) >= 11 is 0. The van der Waals surface area contributed by atoms with Crippen molar-refractivity contribution in [1.82, 2.24) is 9.55 Å². The van der Waals surface area contributed by atoms with E-state index in [2.05, 4.69) is 11.9 Å². The van der Waals surface area contributed by atoms with Gasteiger partial charge in [0.1, 0.15) is 30.0 Å². The van der Waals surface area contributed by atoms with Gasteiger partial charge in [0.15, 0.2) is 11.6 Å². The molecule has 1 aliphatic rings. The average Bonchev–Trinajstić information content (AvgIpc) is 2.78. The number of rotatable bonds is 5. The van der Waals surface area contributed by atoms with Gasteiger partial charge in [-0.25, -0.2) is 13.6 Å². The fourth-order valence-electron chi connectivity index (χ4n) is 3.45. The Balaban J connectivity index is 1.51. The molecule has 2 aromatic carbocycles. The van der Waals surface area contributed by atoms with Gasteiger partial charge in [0.2, 0.25) is 5.88 Å². The predicted octanol–water partition coefficient (Wildman–Crippen LogP) is 3.99. The maximum atomic E-state index is 13.4. The quantitative estimate of drug-likeness (QED) is 0.599. The molecular weight excluding hydrogens is 418 g/mol. The third kappa shape index (κ3) is 4.25. The first-order valence-electron chi connectivity index (χ1n) is 9.99. The van der Waals surface area contributed by atoms with Crippen molar-refractivity contribution < 1.29 is 18.3 Å². The van der Waals surface area contributed by atoms with Crippen LogP contribution in [0.25, 0.3) is 0 Å². The van der Waals surface area contributed by atoms with E-state index in [1.165, 1.54) is 6.07 Å². The number of anilines is 1. The van der Waals surface area contributed by atoms with Crippen LogP contribution >= 0.6 is 0 Å². The number of benzene rings is 2. The second-order valence-corrected chi connectivity index (χ2v) is 7.54. The van der Waals surface area contributed by atoms with Gasteiger partial charge in [0.05, 0.1) is 5.56 Å². The summed E-state index contributed by atoms with van der Waals surface area (Å²) < 4.78 is 39.3. The van der Waals surface area contributed by atoms with E-state index < -0.39 is 11.6 Å². The molecule has 1 aliphatic heterocycles. The Morgan fingerprint density at radius 2 is 2.00 bits per heavy atom. The van der Waals surface area contributed by atoms with Crippen LogP contribution in [0, 0.1) is 23.0 Å². The first-order valence-corrected chi connectivity index (χ1v) is 9.99. The number of nitrogens with zero attached hydrogens (tertiary/aromatic N) is 4. The normalized spacial score (nSPS) is 15.1. The third-order valence-corrected chi connectivity index (χ3v) is 5.43. The molecule has 0 amide bonds. The lowest BCUT2D eigenvalue weighted by Crippen LogP contribution is -2.41. The summed E-state index contributed by atoms with van der Waals surface area (Å²) in [5.41, 5.74) is 0.479. The largest absolute Gasteiger partial charge is 0.473 e. The molecule has 2 heterocycles. The zero-order chi connectivity index (χ0) is 22.8. The van der Waals surface area contributed by atoms with Crippen LogP contribution in [-0.2, 0) is 13.2 Å². The molecule has 164 valence electrons. The lowest BCUT2D eigenvalue weighted by atomic mass is 10.1. The Hall–Kier alpha value is -3.93. The first-order chi connectivity index (χ1) is 15.4. The van der Waals surface area contributed by atoms with Crippen molar-refractivity contribution in [3.63, 3.8) is 0 Å². The molecule has 3 aromatic rings. The van der Waals surface area contributed by atoms with E-state index in [1.54, 1.807) is 28.8 Å². The van der Waals surface area contributed by atoms with Crippen molar-refractivity contribution in [2.75, 3.05) is 11.9 Å². The fraction of sp³-hybridized carbons (Fsp3) is 0.261. The van der Waals surface area contributed by atoms with Gasteiger partial charge in [0, 0.05) is 31.8 Å². The molecule has 1 atom stereocenters. The highest BCUT2D eigenvalue weighted by molar-refractivity contribution is 5.48. The van der Waals surface area contributed by atoms with Gasteiger partial charge < -0.3 is 14.4 Å². The minimum absolute atomic E-state index is 0.0708. The van der Waals surface area contributed by atoms with Gasteiger partial charge in [-0.15, -0.1) is 0 Å². The van der Waals surface area contributed by atoms with Crippen LogP contribution in [0.2, 0.25) is 0 Å². The Morgan fingerprint density at radius 3 is 2.75 bits per heavy atom.